The van der Waals surface area contributed by atoms with Crippen molar-refractivity contribution in [2.24, 2.45) is 4.99 Å². The van der Waals surface area contributed by atoms with Crippen molar-refractivity contribution in [2.45, 2.75) is 32.8 Å². The van der Waals surface area contributed by atoms with Crippen LogP contribution in [0.4, 0.5) is 11.4 Å². The van der Waals surface area contributed by atoms with E-state index in [0.29, 0.717) is 17.5 Å². The van der Waals surface area contributed by atoms with Gasteiger partial charge in [-0.05, 0) is 22.9 Å². The van der Waals surface area contributed by atoms with E-state index >= 15 is 0 Å². The molecule has 0 saturated carbocycles. The highest BCUT2D eigenvalue weighted by Gasteiger charge is 2.28. The average molecular weight is 413 g/mol. The second kappa shape index (κ2) is 7.84. The van der Waals surface area contributed by atoms with Crippen LogP contribution in [0, 0.1) is 0 Å². The van der Waals surface area contributed by atoms with Gasteiger partial charge in [-0.25, -0.2) is 0 Å². The number of amidine groups is 1. The number of hydrogen-bond acceptors (Lipinski definition) is 5. The van der Waals surface area contributed by atoms with Crippen molar-refractivity contribution in [1.29, 1.82) is 0 Å². The van der Waals surface area contributed by atoms with Gasteiger partial charge in [-0.1, -0.05) is 57.2 Å². The number of fused-ring (bicyclic) bond motifs is 2. The van der Waals surface area contributed by atoms with E-state index in [1.54, 1.807) is 7.11 Å². The summed E-state index contributed by atoms with van der Waals surface area (Å²) in [6.07, 6.45) is 0. The standard InChI is InChI=1S/C23H24N2O3.ClH/c1-23(2,3)17-12-19(27-4)16-13-28-22(25-20(16)21(17)26)24-18-11-7-9-14-8-5-6-10-15(14)18;/h5-12,26H,13H2,1-4H3,(H,24,25);1H. The fraction of sp³-hybridized carbons (Fsp3) is 0.261. The molecule has 0 saturated heterocycles. The number of nitrogens with one attached hydrogen (secondary N) is 1. The highest BCUT2D eigenvalue weighted by Crippen LogP contribution is 2.46. The van der Waals surface area contributed by atoms with E-state index in [9.17, 15) is 5.11 Å². The summed E-state index contributed by atoms with van der Waals surface area (Å²) in [7, 11) is 1.62. The molecule has 2 N–H and O–H groups in total. The molecule has 1 aliphatic rings. The Balaban J connectivity index is 0.00000240. The number of phenols is 1. The molecule has 5 nitrogen and oxygen atoms in total. The van der Waals surface area contributed by atoms with Crippen molar-refractivity contribution in [3.05, 3.63) is 59.7 Å². The molecule has 0 bridgehead atoms. The Kier molecular flexibility index (Phi) is 5.62. The van der Waals surface area contributed by atoms with Crippen molar-refractivity contribution in [2.75, 3.05) is 12.4 Å². The lowest BCUT2D eigenvalue weighted by molar-refractivity contribution is 0.275. The SMILES string of the molecule is COc1cc(C(C)(C)C)c(O)c2c1COC(Nc1cccc3ccccc13)=N2.Cl. The molecule has 29 heavy (non-hydrogen) atoms. The van der Waals surface area contributed by atoms with Crippen LogP contribution in [0.3, 0.4) is 0 Å². The molecule has 0 radical (unpaired) electrons. The molecule has 0 aromatic heterocycles. The molecule has 3 aromatic rings. The van der Waals surface area contributed by atoms with Gasteiger partial charge in [0.05, 0.1) is 18.4 Å². The van der Waals surface area contributed by atoms with E-state index in [4.69, 9.17) is 9.47 Å². The molecule has 1 heterocycles. The van der Waals surface area contributed by atoms with Crippen LogP contribution < -0.4 is 10.1 Å². The Morgan fingerprint density at radius 2 is 1.83 bits per heavy atom. The number of anilines is 1. The lowest BCUT2D eigenvalue weighted by Crippen LogP contribution is -2.20. The number of aliphatic imine (C=N–C) groups is 1. The van der Waals surface area contributed by atoms with E-state index in [-0.39, 0.29) is 30.2 Å². The normalized spacial score (nSPS) is 13.0. The van der Waals surface area contributed by atoms with Gasteiger partial charge >= 0.3 is 0 Å². The number of aromatic hydroxyl groups is 1. The molecule has 152 valence electrons. The summed E-state index contributed by atoms with van der Waals surface area (Å²) in [4.78, 5) is 4.58. The van der Waals surface area contributed by atoms with Crippen LogP contribution in [0.2, 0.25) is 0 Å². The second-order valence-electron chi connectivity index (χ2n) is 7.91. The highest BCUT2D eigenvalue weighted by atomic mass is 35.5. The average Bonchev–Trinajstić information content (AvgIpc) is 2.68. The molecule has 0 spiro atoms. The first kappa shape index (κ1) is 20.8. The summed E-state index contributed by atoms with van der Waals surface area (Å²) < 4.78 is 11.4. The maximum Gasteiger partial charge on any atom is 0.294 e. The van der Waals surface area contributed by atoms with Gasteiger partial charge in [0.2, 0.25) is 0 Å². The summed E-state index contributed by atoms with van der Waals surface area (Å²) in [5, 5.41) is 16.4. The molecule has 1 aliphatic heterocycles. The largest absolute Gasteiger partial charge is 0.505 e. The zero-order valence-corrected chi connectivity index (χ0v) is 17.8. The van der Waals surface area contributed by atoms with Gasteiger partial charge in [-0.3, -0.25) is 0 Å². The zero-order chi connectivity index (χ0) is 19.9. The van der Waals surface area contributed by atoms with E-state index < -0.39 is 0 Å². The Hall–Kier alpha value is -2.92. The van der Waals surface area contributed by atoms with E-state index in [2.05, 4.69) is 22.4 Å². The Morgan fingerprint density at radius 1 is 1.10 bits per heavy atom. The van der Waals surface area contributed by atoms with Crippen LogP contribution in [0.15, 0.2) is 53.5 Å². The molecule has 0 atom stereocenters. The topological polar surface area (TPSA) is 63.1 Å². The number of hydrogen-bond donors (Lipinski definition) is 2. The predicted octanol–water partition coefficient (Wildman–Crippen LogP) is 5.90. The summed E-state index contributed by atoms with van der Waals surface area (Å²) in [5.74, 6) is 0.842. The molecular formula is C23H25ClN2O3. The van der Waals surface area contributed by atoms with E-state index in [1.165, 1.54) is 0 Å². The van der Waals surface area contributed by atoms with E-state index in [0.717, 1.165) is 27.6 Å². The Bertz CT molecular complexity index is 1080. The lowest BCUT2D eigenvalue weighted by atomic mass is 9.84. The number of methoxy groups -OCH3 is 1. The van der Waals surface area contributed by atoms with E-state index in [1.807, 2.05) is 57.2 Å². The fourth-order valence-electron chi connectivity index (χ4n) is 3.48. The molecule has 3 aromatic carbocycles. The Labute approximate surface area is 176 Å². The molecule has 0 unspecified atom stereocenters. The van der Waals surface area contributed by atoms with Crippen molar-refractivity contribution < 1.29 is 14.6 Å². The predicted molar refractivity (Wildman–Crippen MR) is 120 cm³/mol. The monoisotopic (exact) mass is 412 g/mol. The third-order valence-electron chi connectivity index (χ3n) is 4.96. The maximum atomic E-state index is 10.9. The van der Waals surface area contributed by atoms with Crippen molar-refractivity contribution in [3.8, 4) is 11.5 Å². The third kappa shape index (κ3) is 3.83. The van der Waals surface area contributed by atoms with Crippen LogP contribution in [0.1, 0.15) is 31.9 Å². The summed E-state index contributed by atoms with van der Waals surface area (Å²) in [6.45, 7) is 6.41. The first-order valence-electron chi connectivity index (χ1n) is 9.28. The number of halogens is 1. The van der Waals surface area contributed by atoms with Crippen LogP contribution in [0.5, 0.6) is 11.5 Å². The minimum atomic E-state index is -0.247. The second-order valence-corrected chi connectivity index (χ2v) is 7.91. The van der Waals surface area contributed by atoms with Gasteiger partial charge in [0.25, 0.3) is 6.02 Å². The maximum absolute atomic E-state index is 10.9. The van der Waals surface area contributed by atoms with Gasteiger partial charge in [0, 0.05) is 10.9 Å². The number of nitrogens with zero attached hydrogens (tertiary/aromatic N) is 1. The highest BCUT2D eigenvalue weighted by molar-refractivity contribution is 6.02. The quantitative estimate of drug-likeness (QED) is 0.549. The number of ether oxygens (including phenoxy) is 2. The number of phenolic OH excluding ortho intramolecular Hbond substituents is 1. The van der Waals surface area contributed by atoms with Gasteiger partial charge in [-0.15, -0.1) is 12.4 Å². The first-order valence-corrected chi connectivity index (χ1v) is 9.28. The van der Waals surface area contributed by atoms with Crippen molar-refractivity contribution in [1.82, 2.24) is 0 Å². The molecule has 0 aliphatic carbocycles. The molecular weight excluding hydrogens is 388 g/mol. The Morgan fingerprint density at radius 3 is 2.55 bits per heavy atom. The van der Waals surface area contributed by atoms with Gasteiger partial charge in [0.1, 0.15) is 23.8 Å². The zero-order valence-electron chi connectivity index (χ0n) is 16.9. The smallest absolute Gasteiger partial charge is 0.294 e. The van der Waals surface area contributed by atoms with Crippen LogP contribution >= 0.6 is 12.4 Å². The van der Waals surface area contributed by atoms with Gasteiger partial charge in [-0.2, -0.15) is 4.99 Å². The number of benzene rings is 3. The minimum Gasteiger partial charge on any atom is -0.505 e. The fourth-order valence-corrected chi connectivity index (χ4v) is 3.48. The summed E-state index contributed by atoms with van der Waals surface area (Å²) in [6, 6.07) is 16.4. The van der Waals surface area contributed by atoms with Crippen LogP contribution in [0.25, 0.3) is 10.8 Å². The lowest BCUT2D eigenvalue weighted by Gasteiger charge is -2.26. The molecule has 0 amide bonds. The van der Waals surface area contributed by atoms with Crippen LogP contribution in [-0.4, -0.2) is 18.2 Å². The summed E-state index contributed by atoms with van der Waals surface area (Å²) >= 11 is 0. The minimum absolute atomic E-state index is 0. The first-order chi connectivity index (χ1) is 13.4. The third-order valence-corrected chi connectivity index (χ3v) is 4.96. The number of rotatable bonds is 2. The summed E-state index contributed by atoms with van der Waals surface area (Å²) in [5.41, 5.74) is 2.69. The van der Waals surface area contributed by atoms with Gasteiger partial charge in [0.15, 0.2) is 0 Å². The van der Waals surface area contributed by atoms with Crippen LogP contribution in [-0.2, 0) is 16.8 Å². The van der Waals surface area contributed by atoms with Crippen molar-refractivity contribution in [3.63, 3.8) is 0 Å². The van der Waals surface area contributed by atoms with Gasteiger partial charge < -0.3 is 19.9 Å². The van der Waals surface area contributed by atoms with Crippen molar-refractivity contribution >= 4 is 40.6 Å². The molecule has 0 fully saturated rings. The molecule has 6 heteroatoms. The molecule has 4 rings (SSSR count).